The Morgan fingerprint density at radius 2 is 1.85 bits per heavy atom. The molecule has 2 aromatic rings. The van der Waals surface area contributed by atoms with Crippen molar-refractivity contribution < 1.29 is 0 Å². The van der Waals surface area contributed by atoms with Crippen molar-refractivity contribution in [2.45, 2.75) is 25.8 Å². The SMILES string of the molecule is Cc1ccc(-c2cnc(NC3CCCNC3)nc2)cc1. The quantitative estimate of drug-likeness (QED) is 0.898. The molecule has 0 saturated carbocycles. The Bertz CT molecular complexity index is 542. The lowest BCUT2D eigenvalue weighted by atomic mass is 10.1. The molecule has 4 heteroatoms. The molecule has 1 aromatic carbocycles. The average Bonchev–Trinajstić information content (AvgIpc) is 2.50. The lowest BCUT2D eigenvalue weighted by Gasteiger charge is -2.23. The van der Waals surface area contributed by atoms with E-state index in [-0.39, 0.29) is 0 Å². The van der Waals surface area contributed by atoms with Crippen molar-refractivity contribution in [1.29, 1.82) is 0 Å². The normalized spacial score (nSPS) is 18.8. The van der Waals surface area contributed by atoms with Crippen LogP contribution in [0.4, 0.5) is 5.95 Å². The molecular formula is C16H20N4. The second-order valence-electron chi connectivity index (χ2n) is 5.35. The molecule has 0 spiro atoms. The molecule has 1 saturated heterocycles. The van der Waals surface area contributed by atoms with Gasteiger partial charge in [0.15, 0.2) is 0 Å². The number of nitrogens with one attached hydrogen (secondary N) is 2. The van der Waals surface area contributed by atoms with Gasteiger partial charge in [0.1, 0.15) is 0 Å². The highest BCUT2D eigenvalue weighted by Gasteiger charge is 2.13. The van der Waals surface area contributed by atoms with Gasteiger partial charge >= 0.3 is 0 Å². The van der Waals surface area contributed by atoms with Gasteiger partial charge in [-0.2, -0.15) is 0 Å². The minimum Gasteiger partial charge on any atom is -0.350 e. The van der Waals surface area contributed by atoms with Crippen LogP contribution >= 0.6 is 0 Å². The molecule has 0 radical (unpaired) electrons. The van der Waals surface area contributed by atoms with Gasteiger partial charge in [-0.05, 0) is 31.9 Å². The van der Waals surface area contributed by atoms with Crippen LogP contribution in [0.1, 0.15) is 18.4 Å². The molecule has 2 heterocycles. The molecule has 4 nitrogen and oxygen atoms in total. The average molecular weight is 268 g/mol. The van der Waals surface area contributed by atoms with Gasteiger partial charge in [0, 0.05) is 30.5 Å². The highest BCUT2D eigenvalue weighted by atomic mass is 15.1. The van der Waals surface area contributed by atoms with Crippen LogP contribution < -0.4 is 10.6 Å². The summed E-state index contributed by atoms with van der Waals surface area (Å²) in [5, 5.41) is 6.76. The number of rotatable bonds is 3. The van der Waals surface area contributed by atoms with Crippen molar-refractivity contribution in [2.75, 3.05) is 18.4 Å². The molecule has 104 valence electrons. The fraction of sp³-hybridized carbons (Fsp3) is 0.375. The lowest BCUT2D eigenvalue weighted by molar-refractivity contribution is 0.478. The molecule has 1 aromatic heterocycles. The van der Waals surface area contributed by atoms with Gasteiger partial charge in [0.25, 0.3) is 0 Å². The van der Waals surface area contributed by atoms with Crippen LogP contribution in [0.3, 0.4) is 0 Å². The van der Waals surface area contributed by atoms with E-state index in [2.05, 4.69) is 51.8 Å². The predicted molar refractivity (Wildman–Crippen MR) is 81.7 cm³/mol. The van der Waals surface area contributed by atoms with Crippen LogP contribution in [0.25, 0.3) is 11.1 Å². The summed E-state index contributed by atoms with van der Waals surface area (Å²) >= 11 is 0. The Morgan fingerprint density at radius 1 is 1.10 bits per heavy atom. The first kappa shape index (κ1) is 13.1. The van der Waals surface area contributed by atoms with Gasteiger partial charge in [0.2, 0.25) is 5.95 Å². The van der Waals surface area contributed by atoms with Crippen molar-refractivity contribution in [3.05, 3.63) is 42.2 Å². The summed E-state index contributed by atoms with van der Waals surface area (Å²) in [4.78, 5) is 8.84. The van der Waals surface area contributed by atoms with E-state index in [4.69, 9.17) is 0 Å². The zero-order valence-corrected chi connectivity index (χ0v) is 11.8. The number of aromatic nitrogens is 2. The maximum atomic E-state index is 4.42. The molecule has 1 aliphatic heterocycles. The first-order valence-electron chi connectivity index (χ1n) is 7.17. The van der Waals surface area contributed by atoms with Crippen molar-refractivity contribution >= 4 is 5.95 Å². The van der Waals surface area contributed by atoms with Crippen molar-refractivity contribution in [1.82, 2.24) is 15.3 Å². The highest BCUT2D eigenvalue weighted by molar-refractivity contribution is 5.62. The van der Waals surface area contributed by atoms with Crippen LogP contribution in [0.5, 0.6) is 0 Å². The zero-order chi connectivity index (χ0) is 13.8. The first-order valence-corrected chi connectivity index (χ1v) is 7.17. The Morgan fingerprint density at radius 3 is 2.50 bits per heavy atom. The molecule has 20 heavy (non-hydrogen) atoms. The fourth-order valence-electron chi connectivity index (χ4n) is 2.46. The summed E-state index contributed by atoms with van der Waals surface area (Å²) in [5.41, 5.74) is 3.47. The first-order chi connectivity index (χ1) is 9.81. The van der Waals surface area contributed by atoms with E-state index in [1.807, 2.05) is 12.4 Å². The number of nitrogens with zero attached hydrogens (tertiary/aromatic N) is 2. The molecule has 2 N–H and O–H groups in total. The van der Waals surface area contributed by atoms with E-state index in [1.165, 1.54) is 18.4 Å². The Kier molecular flexibility index (Phi) is 3.92. The third-order valence-electron chi connectivity index (χ3n) is 3.67. The summed E-state index contributed by atoms with van der Waals surface area (Å²) in [6, 6.07) is 8.86. The largest absolute Gasteiger partial charge is 0.350 e. The van der Waals surface area contributed by atoms with E-state index in [1.54, 1.807) is 0 Å². The van der Waals surface area contributed by atoms with E-state index in [9.17, 15) is 0 Å². The van der Waals surface area contributed by atoms with E-state index in [0.717, 1.165) is 30.2 Å². The number of hydrogen-bond donors (Lipinski definition) is 2. The van der Waals surface area contributed by atoms with Crippen LogP contribution in [-0.2, 0) is 0 Å². The molecule has 3 rings (SSSR count). The summed E-state index contributed by atoms with van der Waals surface area (Å²) in [5.74, 6) is 0.717. The summed E-state index contributed by atoms with van der Waals surface area (Å²) in [7, 11) is 0. The monoisotopic (exact) mass is 268 g/mol. The van der Waals surface area contributed by atoms with E-state index in [0.29, 0.717) is 6.04 Å². The topological polar surface area (TPSA) is 49.8 Å². The molecule has 1 atom stereocenters. The standard InChI is InChI=1S/C16H20N4/c1-12-4-6-13(7-5-12)14-9-18-16(19-10-14)20-15-3-2-8-17-11-15/h4-7,9-10,15,17H,2-3,8,11H2,1H3,(H,18,19,20). The third-order valence-corrected chi connectivity index (χ3v) is 3.67. The van der Waals surface area contributed by atoms with Gasteiger partial charge < -0.3 is 10.6 Å². The summed E-state index contributed by atoms with van der Waals surface area (Å²) in [6.07, 6.45) is 6.15. The number of aryl methyl sites for hydroxylation is 1. The van der Waals surface area contributed by atoms with Crippen LogP contribution in [-0.4, -0.2) is 29.1 Å². The minimum atomic E-state index is 0.439. The van der Waals surface area contributed by atoms with Gasteiger partial charge in [-0.3, -0.25) is 0 Å². The lowest BCUT2D eigenvalue weighted by Crippen LogP contribution is -2.38. The van der Waals surface area contributed by atoms with Crippen LogP contribution in [0, 0.1) is 6.92 Å². The smallest absolute Gasteiger partial charge is 0.222 e. The molecule has 1 fully saturated rings. The van der Waals surface area contributed by atoms with Crippen molar-refractivity contribution in [3.63, 3.8) is 0 Å². The molecular weight excluding hydrogens is 248 g/mol. The van der Waals surface area contributed by atoms with E-state index >= 15 is 0 Å². The van der Waals surface area contributed by atoms with Crippen molar-refractivity contribution in [2.24, 2.45) is 0 Å². The second-order valence-corrected chi connectivity index (χ2v) is 5.35. The fourth-order valence-corrected chi connectivity index (χ4v) is 2.46. The predicted octanol–water partition coefficient (Wildman–Crippen LogP) is 2.62. The minimum absolute atomic E-state index is 0.439. The van der Waals surface area contributed by atoms with Crippen molar-refractivity contribution in [3.8, 4) is 11.1 Å². The van der Waals surface area contributed by atoms with Gasteiger partial charge in [0.05, 0.1) is 0 Å². The summed E-state index contributed by atoms with van der Waals surface area (Å²) in [6.45, 7) is 4.19. The molecule has 1 unspecified atom stereocenters. The Balaban J connectivity index is 1.69. The van der Waals surface area contributed by atoms with Gasteiger partial charge in [-0.1, -0.05) is 29.8 Å². The Labute approximate surface area is 119 Å². The molecule has 0 amide bonds. The molecule has 1 aliphatic rings. The maximum absolute atomic E-state index is 4.42. The zero-order valence-electron chi connectivity index (χ0n) is 11.8. The summed E-state index contributed by atoms with van der Waals surface area (Å²) < 4.78 is 0. The number of piperidine rings is 1. The number of benzene rings is 1. The number of hydrogen-bond acceptors (Lipinski definition) is 4. The van der Waals surface area contributed by atoms with Crippen LogP contribution in [0.2, 0.25) is 0 Å². The second kappa shape index (κ2) is 6.01. The van der Waals surface area contributed by atoms with Gasteiger partial charge in [-0.25, -0.2) is 9.97 Å². The molecule has 0 aliphatic carbocycles. The number of anilines is 1. The third kappa shape index (κ3) is 3.14. The van der Waals surface area contributed by atoms with Crippen LogP contribution in [0.15, 0.2) is 36.7 Å². The maximum Gasteiger partial charge on any atom is 0.222 e. The highest BCUT2D eigenvalue weighted by Crippen LogP contribution is 2.19. The van der Waals surface area contributed by atoms with Gasteiger partial charge in [-0.15, -0.1) is 0 Å². The molecule has 0 bridgehead atoms. The van der Waals surface area contributed by atoms with E-state index < -0.39 is 0 Å². The Hall–Kier alpha value is -1.94.